The first-order valence-electron chi connectivity index (χ1n) is 9.87. The van der Waals surface area contributed by atoms with Gasteiger partial charge in [-0.2, -0.15) is 0 Å². The number of H-pyrrole nitrogens is 1. The zero-order valence-electron chi connectivity index (χ0n) is 16.2. The van der Waals surface area contributed by atoms with Gasteiger partial charge in [0.15, 0.2) is 0 Å². The molecule has 4 aromatic rings. The van der Waals surface area contributed by atoms with Crippen molar-refractivity contribution in [2.24, 2.45) is 0 Å². The summed E-state index contributed by atoms with van der Waals surface area (Å²) in [4.78, 5) is 7.98. The molecule has 0 atom stereocenters. The first-order chi connectivity index (χ1) is 14.3. The molecule has 4 nitrogen and oxygen atoms in total. The second kappa shape index (κ2) is 9.34. The average Bonchev–Trinajstić information content (AvgIpc) is 3.17. The van der Waals surface area contributed by atoms with Crippen molar-refractivity contribution in [2.75, 3.05) is 6.54 Å². The van der Waals surface area contributed by atoms with Gasteiger partial charge in [-0.25, -0.2) is 9.37 Å². The molecule has 0 amide bonds. The minimum atomic E-state index is -0.235. The van der Waals surface area contributed by atoms with Crippen molar-refractivity contribution in [2.45, 2.75) is 26.0 Å². The number of fused-ring (bicyclic) bond motifs is 1. The Labute approximate surface area is 169 Å². The fourth-order valence-corrected chi connectivity index (χ4v) is 3.26. The molecule has 0 aliphatic rings. The third kappa shape index (κ3) is 5.21. The van der Waals surface area contributed by atoms with Crippen molar-refractivity contribution in [3.63, 3.8) is 0 Å². The Morgan fingerprint density at radius 2 is 1.72 bits per heavy atom. The van der Waals surface area contributed by atoms with Gasteiger partial charge >= 0.3 is 0 Å². The number of rotatable bonds is 9. The van der Waals surface area contributed by atoms with Crippen LogP contribution in [0.25, 0.3) is 11.0 Å². The molecule has 0 aliphatic heterocycles. The summed E-state index contributed by atoms with van der Waals surface area (Å²) in [7, 11) is 0. The molecule has 0 saturated carbocycles. The van der Waals surface area contributed by atoms with E-state index in [-0.39, 0.29) is 5.82 Å². The smallest absolute Gasteiger partial charge is 0.124 e. The van der Waals surface area contributed by atoms with Crippen molar-refractivity contribution >= 4 is 11.0 Å². The second-order valence-corrected chi connectivity index (χ2v) is 7.00. The molecule has 0 fully saturated rings. The van der Waals surface area contributed by atoms with Gasteiger partial charge in [-0.1, -0.05) is 42.5 Å². The van der Waals surface area contributed by atoms with E-state index in [4.69, 9.17) is 4.74 Å². The lowest BCUT2D eigenvalue weighted by atomic mass is 10.2. The van der Waals surface area contributed by atoms with Crippen LogP contribution in [0.5, 0.6) is 5.75 Å². The van der Waals surface area contributed by atoms with Crippen LogP contribution >= 0.6 is 0 Å². The Bertz CT molecular complexity index is 1030. The van der Waals surface area contributed by atoms with E-state index in [1.54, 1.807) is 12.1 Å². The molecule has 4 rings (SSSR count). The van der Waals surface area contributed by atoms with E-state index in [0.29, 0.717) is 6.61 Å². The van der Waals surface area contributed by atoms with E-state index in [0.717, 1.165) is 59.7 Å². The number of hydrogen-bond donors (Lipinski definition) is 2. The molecule has 0 saturated heterocycles. The molecular formula is C24H24FN3O. The topological polar surface area (TPSA) is 49.9 Å². The number of nitrogens with one attached hydrogen (secondary N) is 2. The summed E-state index contributed by atoms with van der Waals surface area (Å²) in [6.07, 6.45) is 1.91. The van der Waals surface area contributed by atoms with Crippen LogP contribution in [0, 0.1) is 5.82 Å². The van der Waals surface area contributed by atoms with Crippen molar-refractivity contribution in [3.05, 3.63) is 95.6 Å². The van der Waals surface area contributed by atoms with Gasteiger partial charge in [0.2, 0.25) is 0 Å². The van der Waals surface area contributed by atoms with Crippen LogP contribution < -0.4 is 10.1 Å². The molecule has 148 valence electrons. The standard InChI is InChI=1S/C24H24FN3O/c25-20-13-11-18(12-14-20)17-29-23-9-4-1-6-19(23)16-26-15-5-10-24-27-21-7-2-3-8-22(21)28-24/h1-4,6-9,11-14,26H,5,10,15-17H2,(H,27,28). The minimum absolute atomic E-state index is 0.235. The van der Waals surface area contributed by atoms with Crippen LogP contribution in [0.15, 0.2) is 72.8 Å². The molecule has 1 heterocycles. The summed E-state index contributed by atoms with van der Waals surface area (Å²) >= 11 is 0. The minimum Gasteiger partial charge on any atom is -0.489 e. The monoisotopic (exact) mass is 389 g/mol. The largest absolute Gasteiger partial charge is 0.489 e. The third-order valence-electron chi connectivity index (χ3n) is 4.80. The molecule has 0 unspecified atom stereocenters. The summed E-state index contributed by atoms with van der Waals surface area (Å²) in [6.45, 7) is 2.05. The predicted octanol–water partition coefficient (Wildman–Crippen LogP) is 5.00. The van der Waals surface area contributed by atoms with Crippen LogP contribution in [-0.2, 0) is 19.6 Å². The highest BCUT2D eigenvalue weighted by Gasteiger charge is 2.05. The molecule has 2 N–H and O–H groups in total. The quantitative estimate of drug-likeness (QED) is 0.396. The maximum atomic E-state index is 13.0. The van der Waals surface area contributed by atoms with Gasteiger partial charge in [0.1, 0.15) is 24.0 Å². The van der Waals surface area contributed by atoms with E-state index >= 15 is 0 Å². The van der Waals surface area contributed by atoms with Crippen LogP contribution in [-0.4, -0.2) is 16.5 Å². The van der Waals surface area contributed by atoms with Gasteiger partial charge in [-0.05, 0) is 48.9 Å². The number of nitrogens with zero attached hydrogens (tertiary/aromatic N) is 1. The Morgan fingerprint density at radius 3 is 2.59 bits per heavy atom. The predicted molar refractivity (Wildman–Crippen MR) is 113 cm³/mol. The summed E-state index contributed by atoms with van der Waals surface area (Å²) in [5.74, 6) is 1.64. The number of ether oxygens (including phenoxy) is 1. The average molecular weight is 389 g/mol. The fourth-order valence-electron chi connectivity index (χ4n) is 3.26. The van der Waals surface area contributed by atoms with E-state index in [9.17, 15) is 4.39 Å². The van der Waals surface area contributed by atoms with Gasteiger partial charge < -0.3 is 15.0 Å². The number of para-hydroxylation sites is 3. The van der Waals surface area contributed by atoms with Crippen molar-refractivity contribution in [1.82, 2.24) is 15.3 Å². The normalized spacial score (nSPS) is 11.1. The van der Waals surface area contributed by atoms with E-state index in [1.165, 1.54) is 12.1 Å². The number of aromatic amines is 1. The Balaban J connectivity index is 1.24. The number of aryl methyl sites for hydroxylation is 1. The number of imidazole rings is 1. The van der Waals surface area contributed by atoms with Crippen molar-refractivity contribution in [1.29, 1.82) is 0 Å². The van der Waals surface area contributed by atoms with Gasteiger partial charge in [-0.15, -0.1) is 0 Å². The molecule has 0 spiro atoms. The first kappa shape index (κ1) is 19.2. The maximum Gasteiger partial charge on any atom is 0.124 e. The summed E-state index contributed by atoms with van der Waals surface area (Å²) in [5.41, 5.74) is 4.16. The lowest BCUT2D eigenvalue weighted by Crippen LogP contribution is -2.16. The molecule has 29 heavy (non-hydrogen) atoms. The van der Waals surface area contributed by atoms with E-state index in [1.807, 2.05) is 42.5 Å². The van der Waals surface area contributed by atoms with Crippen LogP contribution in [0.3, 0.4) is 0 Å². The number of halogens is 1. The first-order valence-corrected chi connectivity index (χ1v) is 9.87. The highest BCUT2D eigenvalue weighted by molar-refractivity contribution is 5.74. The fraction of sp³-hybridized carbons (Fsp3) is 0.208. The highest BCUT2D eigenvalue weighted by Crippen LogP contribution is 2.19. The zero-order chi connectivity index (χ0) is 19.9. The molecule has 5 heteroatoms. The van der Waals surface area contributed by atoms with Gasteiger partial charge in [-0.3, -0.25) is 0 Å². The van der Waals surface area contributed by atoms with Crippen LogP contribution in [0.2, 0.25) is 0 Å². The van der Waals surface area contributed by atoms with Gasteiger partial charge in [0.25, 0.3) is 0 Å². The van der Waals surface area contributed by atoms with Crippen molar-refractivity contribution in [3.8, 4) is 5.75 Å². The van der Waals surface area contributed by atoms with Gasteiger partial charge in [0.05, 0.1) is 11.0 Å². The van der Waals surface area contributed by atoms with E-state index in [2.05, 4.69) is 21.4 Å². The van der Waals surface area contributed by atoms with Gasteiger partial charge in [0, 0.05) is 18.5 Å². The molecule has 0 aliphatic carbocycles. The SMILES string of the molecule is Fc1ccc(COc2ccccc2CNCCCc2nc3ccccc3[nH]2)cc1. The third-order valence-corrected chi connectivity index (χ3v) is 4.80. The highest BCUT2D eigenvalue weighted by atomic mass is 19.1. The number of aromatic nitrogens is 2. The molecule has 0 radical (unpaired) electrons. The summed E-state index contributed by atoms with van der Waals surface area (Å²) in [5, 5.41) is 3.48. The van der Waals surface area contributed by atoms with Crippen molar-refractivity contribution < 1.29 is 9.13 Å². The summed E-state index contributed by atoms with van der Waals surface area (Å²) in [6, 6.07) is 22.5. The lowest BCUT2D eigenvalue weighted by Gasteiger charge is -2.12. The molecule has 1 aromatic heterocycles. The Kier molecular flexibility index (Phi) is 6.17. The molecule has 3 aromatic carbocycles. The second-order valence-electron chi connectivity index (χ2n) is 7.00. The number of hydrogen-bond acceptors (Lipinski definition) is 3. The van der Waals surface area contributed by atoms with Crippen LogP contribution in [0.4, 0.5) is 4.39 Å². The zero-order valence-corrected chi connectivity index (χ0v) is 16.2. The summed E-state index contributed by atoms with van der Waals surface area (Å²) < 4.78 is 19.0. The molecular weight excluding hydrogens is 365 g/mol. The maximum absolute atomic E-state index is 13.0. The van der Waals surface area contributed by atoms with Crippen LogP contribution in [0.1, 0.15) is 23.4 Å². The molecule has 0 bridgehead atoms. The Morgan fingerprint density at radius 1 is 0.931 bits per heavy atom. The number of benzene rings is 3. The Hall–Kier alpha value is -3.18. The lowest BCUT2D eigenvalue weighted by molar-refractivity contribution is 0.302. The van der Waals surface area contributed by atoms with E-state index < -0.39 is 0 Å².